The molecule has 1 saturated carbocycles. The quantitative estimate of drug-likeness (QED) is 0.828. The number of nitrogens with one attached hydrogen (secondary N) is 1. The van der Waals surface area contributed by atoms with Gasteiger partial charge in [0.2, 0.25) is 0 Å². The van der Waals surface area contributed by atoms with Crippen LogP contribution in [-0.4, -0.2) is 22.1 Å². The minimum absolute atomic E-state index is 0.205. The topological polar surface area (TPSA) is 80.9 Å². The third-order valence-corrected chi connectivity index (χ3v) is 4.23. The van der Waals surface area contributed by atoms with Crippen molar-refractivity contribution >= 4 is 11.7 Å². The molecule has 0 saturated heterocycles. The Morgan fingerprint density at radius 1 is 1.25 bits per heavy atom. The maximum Gasteiger partial charge on any atom is 0.269 e. The van der Waals surface area contributed by atoms with Gasteiger partial charge in [-0.1, -0.05) is 26.7 Å². The lowest BCUT2D eigenvalue weighted by atomic mass is 9.89. The molecule has 110 valence electrons. The summed E-state index contributed by atoms with van der Waals surface area (Å²) in [6.07, 6.45) is 6.18. The van der Waals surface area contributed by atoms with Gasteiger partial charge in [0.25, 0.3) is 5.91 Å². The Balaban J connectivity index is 1.91. The highest BCUT2D eigenvalue weighted by atomic mass is 16.1. The number of nitrogens with two attached hydrogens (primary N) is 1. The Bertz CT molecular complexity index is 444. The van der Waals surface area contributed by atoms with Crippen LogP contribution in [-0.2, 0) is 0 Å². The van der Waals surface area contributed by atoms with Gasteiger partial charge in [-0.3, -0.25) is 4.79 Å². The third kappa shape index (κ3) is 3.92. The van der Waals surface area contributed by atoms with Gasteiger partial charge in [0.1, 0.15) is 5.82 Å². The molecule has 0 radical (unpaired) electrons. The standard InChI is InChI=1S/C15H24N4O/c1-10(2)11-4-3-5-12(7-6-11)17-14-9-8-13(15(16)20)18-19-14/h8-12H,3-7H2,1-2H3,(H2,16,20)(H,17,19). The fourth-order valence-electron chi connectivity index (χ4n) is 2.89. The van der Waals surface area contributed by atoms with Crippen molar-refractivity contribution in [3.63, 3.8) is 0 Å². The number of carbonyl (C=O) groups excluding carboxylic acids is 1. The molecule has 1 aromatic rings. The minimum atomic E-state index is -0.543. The predicted octanol–water partition coefficient (Wildman–Crippen LogP) is 2.59. The van der Waals surface area contributed by atoms with Gasteiger partial charge < -0.3 is 11.1 Å². The van der Waals surface area contributed by atoms with Gasteiger partial charge in [0.15, 0.2) is 5.69 Å². The summed E-state index contributed by atoms with van der Waals surface area (Å²) in [6.45, 7) is 4.62. The molecule has 2 atom stereocenters. The molecule has 5 nitrogen and oxygen atoms in total. The maximum absolute atomic E-state index is 10.9. The first-order valence-electron chi connectivity index (χ1n) is 7.46. The van der Waals surface area contributed by atoms with Crippen LogP contribution >= 0.6 is 0 Å². The van der Waals surface area contributed by atoms with E-state index >= 15 is 0 Å². The van der Waals surface area contributed by atoms with Crippen LogP contribution < -0.4 is 11.1 Å². The molecule has 2 unspecified atom stereocenters. The molecular formula is C15H24N4O. The van der Waals surface area contributed by atoms with Crippen molar-refractivity contribution in [2.24, 2.45) is 17.6 Å². The molecule has 1 amide bonds. The second-order valence-electron chi connectivity index (χ2n) is 6.02. The minimum Gasteiger partial charge on any atom is -0.366 e. The molecule has 2 rings (SSSR count). The van der Waals surface area contributed by atoms with Gasteiger partial charge in [-0.05, 0) is 43.2 Å². The number of nitrogens with zero attached hydrogens (tertiary/aromatic N) is 2. The van der Waals surface area contributed by atoms with Gasteiger partial charge in [0, 0.05) is 6.04 Å². The van der Waals surface area contributed by atoms with E-state index in [2.05, 4.69) is 29.4 Å². The third-order valence-electron chi connectivity index (χ3n) is 4.23. The van der Waals surface area contributed by atoms with E-state index in [1.807, 2.05) is 0 Å². The van der Waals surface area contributed by atoms with Crippen LogP contribution in [0.4, 0.5) is 5.82 Å². The number of hydrogen-bond donors (Lipinski definition) is 2. The predicted molar refractivity (Wildman–Crippen MR) is 79.4 cm³/mol. The van der Waals surface area contributed by atoms with Crippen molar-refractivity contribution in [1.82, 2.24) is 10.2 Å². The summed E-state index contributed by atoms with van der Waals surface area (Å²) in [4.78, 5) is 10.9. The molecule has 20 heavy (non-hydrogen) atoms. The van der Waals surface area contributed by atoms with Gasteiger partial charge in [-0.25, -0.2) is 0 Å². The lowest BCUT2D eigenvalue weighted by molar-refractivity contribution is 0.0994. The molecule has 1 aliphatic rings. The van der Waals surface area contributed by atoms with E-state index < -0.39 is 5.91 Å². The van der Waals surface area contributed by atoms with Crippen molar-refractivity contribution in [3.05, 3.63) is 17.8 Å². The Labute approximate surface area is 120 Å². The van der Waals surface area contributed by atoms with Gasteiger partial charge in [0.05, 0.1) is 0 Å². The van der Waals surface area contributed by atoms with Crippen LogP contribution in [0, 0.1) is 11.8 Å². The number of hydrogen-bond acceptors (Lipinski definition) is 4. The number of carbonyl (C=O) groups is 1. The molecule has 1 aliphatic carbocycles. The first-order valence-corrected chi connectivity index (χ1v) is 7.46. The molecular weight excluding hydrogens is 252 g/mol. The Hall–Kier alpha value is -1.65. The van der Waals surface area contributed by atoms with E-state index in [1.165, 1.54) is 32.1 Å². The summed E-state index contributed by atoms with van der Waals surface area (Å²) < 4.78 is 0. The lowest BCUT2D eigenvalue weighted by Crippen LogP contribution is -2.20. The fourth-order valence-corrected chi connectivity index (χ4v) is 2.89. The zero-order valence-corrected chi connectivity index (χ0v) is 12.3. The van der Waals surface area contributed by atoms with Crippen molar-refractivity contribution < 1.29 is 4.79 Å². The van der Waals surface area contributed by atoms with Crippen LogP contribution in [0.25, 0.3) is 0 Å². The molecule has 0 bridgehead atoms. The summed E-state index contributed by atoms with van der Waals surface area (Å²) in [5.74, 6) is 1.79. The number of aromatic nitrogens is 2. The number of anilines is 1. The number of rotatable bonds is 4. The molecule has 5 heteroatoms. The Kier molecular flexibility index (Phi) is 4.93. The van der Waals surface area contributed by atoms with Crippen molar-refractivity contribution in [3.8, 4) is 0 Å². The number of amides is 1. The van der Waals surface area contributed by atoms with E-state index in [0.717, 1.165) is 17.7 Å². The van der Waals surface area contributed by atoms with Crippen LogP contribution in [0.15, 0.2) is 12.1 Å². The largest absolute Gasteiger partial charge is 0.366 e. The summed E-state index contributed by atoms with van der Waals surface area (Å²) >= 11 is 0. The van der Waals surface area contributed by atoms with Crippen molar-refractivity contribution in [1.29, 1.82) is 0 Å². The van der Waals surface area contributed by atoms with Gasteiger partial charge in [-0.2, -0.15) is 0 Å². The molecule has 3 N–H and O–H groups in total. The summed E-state index contributed by atoms with van der Waals surface area (Å²) in [7, 11) is 0. The summed E-state index contributed by atoms with van der Waals surface area (Å²) in [5, 5.41) is 11.3. The molecule has 0 spiro atoms. The lowest BCUT2D eigenvalue weighted by Gasteiger charge is -2.19. The fraction of sp³-hybridized carbons (Fsp3) is 0.667. The van der Waals surface area contributed by atoms with E-state index in [0.29, 0.717) is 6.04 Å². The highest BCUT2D eigenvalue weighted by Gasteiger charge is 2.21. The van der Waals surface area contributed by atoms with E-state index in [-0.39, 0.29) is 5.69 Å². The van der Waals surface area contributed by atoms with E-state index in [4.69, 9.17) is 5.73 Å². The van der Waals surface area contributed by atoms with Crippen molar-refractivity contribution in [2.45, 2.75) is 52.0 Å². The maximum atomic E-state index is 10.9. The zero-order chi connectivity index (χ0) is 14.5. The second-order valence-corrected chi connectivity index (χ2v) is 6.02. The second kappa shape index (κ2) is 6.68. The molecule has 1 heterocycles. The first kappa shape index (κ1) is 14.8. The average Bonchev–Trinajstić information content (AvgIpc) is 2.65. The normalized spacial score (nSPS) is 23.4. The zero-order valence-electron chi connectivity index (χ0n) is 12.3. The average molecular weight is 276 g/mol. The molecule has 1 fully saturated rings. The Morgan fingerprint density at radius 2 is 2.05 bits per heavy atom. The van der Waals surface area contributed by atoms with Crippen LogP contribution in [0.2, 0.25) is 0 Å². The van der Waals surface area contributed by atoms with E-state index in [9.17, 15) is 4.79 Å². The monoisotopic (exact) mass is 276 g/mol. The Morgan fingerprint density at radius 3 is 2.65 bits per heavy atom. The molecule has 1 aromatic heterocycles. The van der Waals surface area contributed by atoms with E-state index in [1.54, 1.807) is 12.1 Å². The first-order chi connectivity index (χ1) is 9.56. The SMILES string of the molecule is CC(C)C1CCCC(Nc2ccc(C(N)=O)nn2)CC1. The molecule has 0 aliphatic heterocycles. The molecule has 0 aromatic carbocycles. The summed E-state index contributed by atoms with van der Waals surface area (Å²) in [6, 6.07) is 3.84. The van der Waals surface area contributed by atoms with Crippen LogP contribution in [0.5, 0.6) is 0 Å². The van der Waals surface area contributed by atoms with Crippen molar-refractivity contribution in [2.75, 3.05) is 5.32 Å². The van der Waals surface area contributed by atoms with Crippen LogP contribution in [0.3, 0.4) is 0 Å². The smallest absolute Gasteiger partial charge is 0.269 e. The highest BCUT2D eigenvalue weighted by Crippen LogP contribution is 2.29. The number of primary amides is 1. The summed E-state index contributed by atoms with van der Waals surface area (Å²) in [5.41, 5.74) is 5.36. The van der Waals surface area contributed by atoms with Gasteiger partial charge in [-0.15, -0.1) is 10.2 Å². The van der Waals surface area contributed by atoms with Crippen LogP contribution in [0.1, 0.15) is 56.4 Å². The highest BCUT2D eigenvalue weighted by molar-refractivity contribution is 5.90. The van der Waals surface area contributed by atoms with Gasteiger partial charge >= 0.3 is 0 Å².